The molecule has 0 fully saturated rings. The molecule has 0 amide bonds. The molecule has 5 rings (SSSR count). The second-order valence-electron chi connectivity index (χ2n) is 6.79. The number of H-pyrrole nitrogens is 2. The third-order valence-corrected chi connectivity index (χ3v) is 5.27. The molecular formula is C21H19FN4. The normalized spacial score (nSPS) is 17.5. The summed E-state index contributed by atoms with van der Waals surface area (Å²) in [5.41, 5.74) is 5.25. The highest BCUT2D eigenvalue weighted by molar-refractivity contribution is 5.85. The third kappa shape index (κ3) is 2.44. The highest BCUT2D eigenvalue weighted by Gasteiger charge is 2.33. The molecule has 5 heteroatoms. The van der Waals surface area contributed by atoms with E-state index in [-0.39, 0.29) is 11.9 Å². The SMILES string of the molecule is Fc1ccccc1C1c2[nH]c3ccccc3c2CCN1Cc1ccn[nH]1. The van der Waals surface area contributed by atoms with Crippen LogP contribution in [0.3, 0.4) is 0 Å². The van der Waals surface area contributed by atoms with Crippen molar-refractivity contribution < 1.29 is 4.39 Å². The van der Waals surface area contributed by atoms with Crippen molar-refractivity contribution in [2.75, 3.05) is 6.54 Å². The highest BCUT2D eigenvalue weighted by Crippen LogP contribution is 2.39. The Morgan fingerprint density at radius 3 is 2.77 bits per heavy atom. The number of para-hydroxylation sites is 1. The van der Waals surface area contributed by atoms with Gasteiger partial charge in [-0.05, 0) is 30.2 Å². The topological polar surface area (TPSA) is 47.7 Å². The Balaban J connectivity index is 1.67. The number of nitrogens with zero attached hydrogens (tertiary/aromatic N) is 2. The Labute approximate surface area is 150 Å². The van der Waals surface area contributed by atoms with Gasteiger partial charge in [0.05, 0.1) is 6.04 Å². The minimum atomic E-state index is -0.168. The quantitative estimate of drug-likeness (QED) is 0.585. The fraction of sp³-hybridized carbons (Fsp3) is 0.190. The monoisotopic (exact) mass is 346 g/mol. The van der Waals surface area contributed by atoms with Crippen molar-refractivity contribution in [2.24, 2.45) is 0 Å². The molecule has 2 aromatic carbocycles. The number of fused-ring (bicyclic) bond motifs is 3. The number of nitrogens with one attached hydrogen (secondary N) is 2. The van der Waals surface area contributed by atoms with Gasteiger partial charge in [-0.2, -0.15) is 5.10 Å². The number of aromatic nitrogens is 3. The number of benzene rings is 2. The molecule has 0 saturated carbocycles. The van der Waals surface area contributed by atoms with Crippen molar-refractivity contribution >= 4 is 10.9 Å². The molecule has 0 bridgehead atoms. The predicted molar refractivity (Wildman–Crippen MR) is 99.2 cm³/mol. The lowest BCUT2D eigenvalue weighted by atomic mass is 9.92. The number of hydrogen-bond acceptors (Lipinski definition) is 2. The molecule has 0 radical (unpaired) electrons. The average Bonchev–Trinajstić information content (AvgIpc) is 3.30. The Kier molecular flexibility index (Phi) is 3.60. The lowest BCUT2D eigenvalue weighted by Gasteiger charge is -2.36. The van der Waals surface area contributed by atoms with Crippen molar-refractivity contribution in [1.29, 1.82) is 0 Å². The molecule has 26 heavy (non-hydrogen) atoms. The van der Waals surface area contributed by atoms with Gasteiger partial charge in [-0.1, -0.05) is 36.4 Å². The Morgan fingerprint density at radius 2 is 1.92 bits per heavy atom. The summed E-state index contributed by atoms with van der Waals surface area (Å²) in [4.78, 5) is 5.88. The number of rotatable bonds is 3. The summed E-state index contributed by atoms with van der Waals surface area (Å²) in [6, 6.07) is 17.2. The molecule has 0 aliphatic carbocycles. The summed E-state index contributed by atoms with van der Waals surface area (Å²) in [6.45, 7) is 1.57. The maximum Gasteiger partial charge on any atom is 0.128 e. The van der Waals surface area contributed by atoms with Crippen LogP contribution in [0.4, 0.5) is 4.39 Å². The van der Waals surface area contributed by atoms with Gasteiger partial charge in [-0.25, -0.2) is 4.39 Å². The second kappa shape index (κ2) is 6.11. The maximum atomic E-state index is 14.7. The van der Waals surface area contributed by atoms with Crippen molar-refractivity contribution in [1.82, 2.24) is 20.1 Å². The van der Waals surface area contributed by atoms with Crippen molar-refractivity contribution in [3.8, 4) is 0 Å². The van der Waals surface area contributed by atoms with Gasteiger partial charge in [-0.3, -0.25) is 10.00 Å². The van der Waals surface area contributed by atoms with Gasteiger partial charge in [0.15, 0.2) is 0 Å². The lowest BCUT2D eigenvalue weighted by Crippen LogP contribution is -2.36. The first-order valence-corrected chi connectivity index (χ1v) is 8.87. The number of hydrogen-bond donors (Lipinski definition) is 2. The van der Waals surface area contributed by atoms with E-state index in [0.29, 0.717) is 12.1 Å². The first kappa shape index (κ1) is 15.3. The van der Waals surface area contributed by atoms with Crippen LogP contribution >= 0.6 is 0 Å². The van der Waals surface area contributed by atoms with Gasteiger partial charge in [0.1, 0.15) is 5.82 Å². The molecule has 1 aliphatic heterocycles. The van der Waals surface area contributed by atoms with Crippen molar-refractivity contribution in [2.45, 2.75) is 19.0 Å². The fourth-order valence-corrected chi connectivity index (χ4v) is 4.10. The van der Waals surface area contributed by atoms with Gasteiger partial charge >= 0.3 is 0 Å². The smallest absolute Gasteiger partial charge is 0.128 e. The van der Waals surface area contributed by atoms with Crippen LogP contribution in [-0.4, -0.2) is 26.6 Å². The van der Waals surface area contributed by atoms with Crippen LogP contribution in [0, 0.1) is 5.82 Å². The van der Waals surface area contributed by atoms with E-state index in [9.17, 15) is 4.39 Å². The standard InChI is InChI=1S/C21H19FN4/c22-18-7-3-1-6-17(18)21-20-16(15-5-2-4-8-19(15)24-20)10-12-26(21)13-14-9-11-23-25-14/h1-9,11,21,24H,10,12-13H2,(H,23,25). The summed E-state index contributed by atoms with van der Waals surface area (Å²) in [5.74, 6) is -0.168. The summed E-state index contributed by atoms with van der Waals surface area (Å²) in [5, 5.41) is 8.32. The minimum absolute atomic E-state index is 0.143. The summed E-state index contributed by atoms with van der Waals surface area (Å²) in [7, 11) is 0. The van der Waals surface area contributed by atoms with Crippen LogP contribution in [0.25, 0.3) is 10.9 Å². The molecule has 3 heterocycles. The maximum absolute atomic E-state index is 14.7. The van der Waals surface area contributed by atoms with E-state index < -0.39 is 0 Å². The second-order valence-corrected chi connectivity index (χ2v) is 6.79. The van der Waals surface area contributed by atoms with Crippen LogP contribution < -0.4 is 0 Å². The first-order chi connectivity index (χ1) is 12.8. The van der Waals surface area contributed by atoms with Gasteiger partial charge < -0.3 is 4.98 Å². The van der Waals surface area contributed by atoms with Gasteiger partial charge in [0.25, 0.3) is 0 Å². The molecule has 4 nitrogen and oxygen atoms in total. The predicted octanol–water partition coefficient (Wildman–Crippen LogP) is 4.18. The van der Waals surface area contributed by atoms with E-state index in [1.807, 2.05) is 24.3 Å². The molecule has 0 saturated heterocycles. The van der Waals surface area contributed by atoms with E-state index in [0.717, 1.165) is 29.9 Å². The zero-order valence-electron chi connectivity index (χ0n) is 14.2. The lowest BCUT2D eigenvalue weighted by molar-refractivity contribution is 0.196. The summed E-state index contributed by atoms with van der Waals surface area (Å²) < 4.78 is 14.7. The van der Waals surface area contributed by atoms with Crippen LogP contribution in [0.5, 0.6) is 0 Å². The van der Waals surface area contributed by atoms with E-state index >= 15 is 0 Å². The van der Waals surface area contributed by atoms with Crippen LogP contribution in [0.15, 0.2) is 60.8 Å². The Morgan fingerprint density at radius 1 is 1.08 bits per heavy atom. The molecule has 2 N–H and O–H groups in total. The third-order valence-electron chi connectivity index (χ3n) is 5.27. The number of aromatic amines is 2. The van der Waals surface area contributed by atoms with Crippen molar-refractivity contribution in [3.05, 3.63) is 89.1 Å². The largest absolute Gasteiger partial charge is 0.357 e. The molecule has 1 unspecified atom stereocenters. The average molecular weight is 346 g/mol. The Bertz CT molecular complexity index is 1050. The molecule has 2 aromatic heterocycles. The Hall–Kier alpha value is -2.92. The summed E-state index contributed by atoms with van der Waals surface area (Å²) >= 11 is 0. The van der Waals surface area contributed by atoms with Crippen molar-refractivity contribution in [3.63, 3.8) is 0 Å². The van der Waals surface area contributed by atoms with Crippen LogP contribution in [0.2, 0.25) is 0 Å². The molecular weight excluding hydrogens is 327 g/mol. The zero-order valence-corrected chi connectivity index (χ0v) is 14.2. The summed E-state index contributed by atoms with van der Waals surface area (Å²) in [6.07, 6.45) is 2.70. The first-order valence-electron chi connectivity index (χ1n) is 8.87. The number of halogens is 1. The van der Waals surface area contributed by atoms with E-state index in [1.165, 1.54) is 10.9 Å². The van der Waals surface area contributed by atoms with E-state index in [4.69, 9.17) is 0 Å². The molecule has 0 spiro atoms. The van der Waals surface area contributed by atoms with Gasteiger partial charge in [0.2, 0.25) is 0 Å². The molecule has 1 atom stereocenters. The van der Waals surface area contributed by atoms with Gasteiger partial charge in [0, 0.05) is 47.1 Å². The van der Waals surface area contributed by atoms with Gasteiger partial charge in [-0.15, -0.1) is 0 Å². The minimum Gasteiger partial charge on any atom is -0.357 e. The molecule has 1 aliphatic rings. The van der Waals surface area contributed by atoms with Crippen LogP contribution in [-0.2, 0) is 13.0 Å². The fourth-order valence-electron chi connectivity index (χ4n) is 4.10. The highest BCUT2D eigenvalue weighted by atomic mass is 19.1. The molecule has 4 aromatic rings. The van der Waals surface area contributed by atoms with E-state index in [2.05, 4.69) is 38.3 Å². The molecule has 130 valence electrons. The van der Waals surface area contributed by atoms with Crippen LogP contribution in [0.1, 0.15) is 28.6 Å². The zero-order chi connectivity index (χ0) is 17.5. The van der Waals surface area contributed by atoms with E-state index in [1.54, 1.807) is 18.3 Å².